The van der Waals surface area contributed by atoms with Gasteiger partial charge in [-0.2, -0.15) is 0 Å². The summed E-state index contributed by atoms with van der Waals surface area (Å²) in [6, 6.07) is 6.18. The van der Waals surface area contributed by atoms with E-state index in [1.807, 2.05) is 6.92 Å². The molecule has 0 fully saturated rings. The third kappa shape index (κ3) is 3.10. The summed E-state index contributed by atoms with van der Waals surface area (Å²) in [4.78, 5) is 0. The second kappa shape index (κ2) is 6.16. The molecule has 2 atom stereocenters. The van der Waals surface area contributed by atoms with E-state index in [9.17, 15) is 8.78 Å². The standard InChI is InChI=1S/C21H27F2O/c1-5-6-11-21(22,23)15-8-9-16-17-12-14(2)7-10-18(17)20(3,4)24-19(16)13-15/h8,12-13,17-18H,5-7,10-11H2,1-4H3/t17-,18+/m0/s1. The first-order valence-corrected chi connectivity index (χ1v) is 9.05. The molecule has 1 aliphatic carbocycles. The van der Waals surface area contributed by atoms with E-state index in [0.717, 1.165) is 24.8 Å². The molecule has 0 amide bonds. The highest BCUT2D eigenvalue weighted by molar-refractivity contribution is 5.46. The highest BCUT2D eigenvalue weighted by Gasteiger charge is 2.44. The topological polar surface area (TPSA) is 9.23 Å². The van der Waals surface area contributed by atoms with Crippen LogP contribution in [0.15, 0.2) is 23.8 Å². The Balaban J connectivity index is 2.00. The predicted molar refractivity (Wildman–Crippen MR) is 92.6 cm³/mol. The molecule has 1 aromatic carbocycles. The van der Waals surface area contributed by atoms with Crippen molar-refractivity contribution < 1.29 is 13.5 Å². The predicted octanol–water partition coefficient (Wildman–Crippen LogP) is 6.38. The lowest BCUT2D eigenvalue weighted by molar-refractivity contribution is -0.0178. The van der Waals surface area contributed by atoms with Gasteiger partial charge in [-0.3, -0.25) is 0 Å². The summed E-state index contributed by atoms with van der Waals surface area (Å²) in [7, 11) is 0. The van der Waals surface area contributed by atoms with Gasteiger partial charge in [-0.1, -0.05) is 25.0 Å². The van der Waals surface area contributed by atoms with Crippen LogP contribution in [0.1, 0.15) is 76.8 Å². The van der Waals surface area contributed by atoms with E-state index >= 15 is 0 Å². The van der Waals surface area contributed by atoms with Gasteiger partial charge in [0, 0.05) is 29.4 Å². The fraction of sp³-hybridized carbons (Fsp3) is 0.619. The summed E-state index contributed by atoms with van der Waals surface area (Å²) in [5.74, 6) is -1.64. The maximum absolute atomic E-state index is 14.4. The lowest BCUT2D eigenvalue weighted by atomic mass is 9.68. The van der Waals surface area contributed by atoms with Crippen LogP contribution in [0.5, 0.6) is 5.75 Å². The Bertz CT molecular complexity index is 645. The SMILES string of the molecule is CCCCC(F)(F)c1c[c]c2c(c1)OC(C)(C)[C@@H]1CCC(C)=C[C@@H]21. The highest BCUT2D eigenvalue weighted by atomic mass is 19.3. The van der Waals surface area contributed by atoms with Crippen LogP contribution in [-0.4, -0.2) is 5.60 Å². The van der Waals surface area contributed by atoms with Gasteiger partial charge in [0.15, 0.2) is 0 Å². The number of allylic oxidation sites excluding steroid dienone is 2. The van der Waals surface area contributed by atoms with Gasteiger partial charge in [0.05, 0.1) is 0 Å². The zero-order valence-electron chi connectivity index (χ0n) is 15.1. The Hall–Kier alpha value is -1.38. The summed E-state index contributed by atoms with van der Waals surface area (Å²) < 4.78 is 35.0. The smallest absolute Gasteiger partial charge is 0.273 e. The third-order valence-corrected chi connectivity index (χ3v) is 5.55. The minimum Gasteiger partial charge on any atom is -0.487 e. The summed E-state index contributed by atoms with van der Waals surface area (Å²) in [5, 5.41) is 0. The Morgan fingerprint density at radius 2 is 2.12 bits per heavy atom. The number of rotatable bonds is 4. The van der Waals surface area contributed by atoms with Gasteiger partial charge >= 0.3 is 0 Å². The maximum Gasteiger partial charge on any atom is 0.273 e. The Morgan fingerprint density at radius 3 is 2.83 bits per heavy atom. The molecule has 3 rings (SSSR count). The number of hydrogen-bond acceptors (Lipinski definition) is 1. The van der Waals surface area contributed by atoms with Crippen LogP contribution in [0.2, 0.25) is 0 Å². The molecule has 3 heteroatoms. The quantitative estimate of drug-likeness (QED) is 0.581. The molecular formula is C21H27F2O. The molecule has 2 aliphatic rings. The summed E-state index contributed by atoms with van der Waals surface area (Å²) in [6.45, 7) is 8.22. The minimum absolute atomic E-state index is 0.0282. The molecule has 0 unspecified atom stereocenters. The highest BCUT2D eigenvalue weighted by Crippen LogP contribution is 2.51. The monoisotopic (exact) mass is 333 g/mol. The molecule has 0 N–H and O–H groups in total. The van der Waals surface area contributed by atoms with Gasteiger partial charge in [-0.15, -0.1) is 0 Å². The normalized spacial score (nSPS) is 25.3. The number of hydrogen-bond donors (Lipinski definition) is 0. The summed E-state index contributed by atoms with van der Waals surface area (Å²) in [5.41, 5.74) is 1.99. The van der Waals surface area contributed by atoms with E-state index in [-0.39, 0.29) is 23.5 Å². The molecule has 1 aromatic rings. The average Bonchev–Trinajstić information content (AvgIpc) is 2.51. The van der Waals surface area contributed by atoms with E-state index in [2.05, 4.69) is 32.9 Å². The van der Waals surface area contributed by atoms with Crippen molar-refractivity contribution in [2.24, 2.45) is 5.92 Å². The molecule has 1 nitrogen and oxygen atoms in total. The van der Waals surface area contributed by atoms with E-state index in [4.69, 9.17) is 4.74 Å². The fourth-order valence-electron chi connectivity index (χ4n) is 4.08. The summed E-state index contributed by atoms with van der Waals surface area (Å²) >= 11 is 0. The molecule has 0 saturated carbocycles. The first-order valence-electron chi connectivity index (χ1n) is 9.05. The molecule has 0 spiro atoms. The largest absolute Gasteiger partial charge is 0.487 e. The number of alkyl halides is 2. The zero-order chi connectivity index (χ0) is 17.5. The average molecular weight is 333 g/mol. The molecule has 0 bridgehead atoms. The zero-order valence-corrected chi connectivity index (χ0v) is 15.1. The van der Waals surface area contributed by atoms with Crippen molar-refractivity contribution in [2.75, 3.05) is 0 Å². The number of unbranched alkanes of at least 4 members (excludes halogenated alkanes) is 1. The van der Waals surface area contributed by atoms with Crippen LogP contribution in [0, 0.1) is 12.0 Å². The Labute approximate surface area is 144 Å². The lowest BCUT2D eigenvalue weighted by Crippen LogP contribution is -2.45. The van der Waals surface area contributed by atoms with Crippen molar-refractivity contribution in [3.05, 3.63) is 41.0 Å². The molecule has 1 heterocycles. The van der Waals surface area contributed by atoms with Crippen LogP contribution in [0.3, 0.4) is 0 Å². The maximum atomic E-state index is 14.4. The van der Waals surface area contributed by atoms with E-state index < -0.39 is 5.92 Å². The lowest BCUT2D eigenvalue weighted by Gasteiger charge is -2.46. The summed E-state index contributed by atoms with van der Waals surface area (Å²) in [6.07, 6.45) is 5.59. The molecule has 0 saturated heterocycles. The van der Waals surface area contributed by atoms with Crippen LogP contribution >= 0.6 is 0 Å². The fourth-order valence-corrected chi connectivity index (χ4v) is 4.08. The second-order valence-corrected chi connectivity index (χ2v) is 7.86. The van der Waals surface area contributed by atoms with Crippen molar-refractivity contribution in [1.82, 2.24) is 0 Å². The molecule has 131 valence electrons. The number of benzene rings is 1. The van der Waals surface area contributed by atoms with Crippen molar-refractivity contribution in [2.45, 2.75) is 77.2 Å². The van der Waals surface area contributed by atoms with Crippen LogP contribution in [-0.2, 0) is 5.92 Å². The van der Waals surface area contributed by atoms with Gasteiger partial charge in [-0.05, 0) is 58.2 Å². The number of ether oxygens (including phenoxy) is 1. The molecule has 1 aliphatic heterocycles. The van der Waals surface area contributed by atoms with Gasteiger partial charge in [0.25, 0.3) is 5.92 Å². The van der Waals surface area contributed by atoms with Gasteiger partial charge in [0.2, 0.25) is 0 Å². The minimum atomic E-state index is -2.82. The number of fused-ring (bicyclic) bond motifs is 3. The third-order valence-electron chi connectivity index (χ3n) is 5.55. The van der Waals surface area contributed by atoms with E-state index in [1.165, 1.54) is 11.6 Å². The van der Waals surface area contributed by atoms with Gasteiger partial charge in [-0.25, -0.2) is 8.78 Å². The van der Waals surface area contributed by atoms with Gasteiger partial charge < -0.3 is 4.74 Å². The van der Waals surface area contributed by atoms with Crippen LogP contribution in [0.4, 0.5) is 8.78 Å². The van der Waals surface area contributed by atoms with Crippen molar-refractivity contribution in [3.8, 4) is 5.75 Å². The van der Waals surface area contributed by atoms with E-state index in [0.29, 0.717) is 18.1 Å². The van der Waals surface area contributed by atoms with Crippen molar-refractivity contribution in [1.29, 1.82) is 0 Å². The van der Waals surface area contributed by atoms with Crippen molar-refractivity contribution in [3.63, 3.8) is 0 Å². The van der Waals surface area contributed by atoms with Crippen LogP contribution < -0.4 is 4.74 Å². The Morgan fingerprint density at radius 1 is 1.38 bits per heavy atom. The van der Waals surface area contributed by atoms with Crippen LogP contribution in [0.25, 0.3) is 0 Å². The van der Waals surface area contributed by atoms with E-state index in [1.54, 1.807) is 6.07 Å². The molecule has 1 radical (unpaired) electrons. The first kappa shape index (κ1) is 17.4. The first-order chi connectivity index (χ1) is 11.2. The molecular weight excluding hydrogens is 306 g/mol. The number of halogens is 2. The van der Waals surface area contributed by atoms with Gasteiger partial charge in [0.1, 0.15) is 11.4 Å². The van der Waals surface area contributed by atoms with Crippen molar-refractivity contribution >= 4 is 0 Å². The molecule has 0 aromatic heterocycles. The Kier molecular flexibility index (Phi) is 4.48. The molecule has 24 heavy (non-hydrogen) atoms. The second-order valence-electron chi connectivity index (χ2n) is 7.86.